The van der Waals surface area contributed by atoms with E-state index in [1.165, 1.54) is 68.9 Å². The van der Waals surface area contributed by atoms with Crippen molar-refractivity contribution in [3.8, 4) is 16.9 Å². The maximum Gasteiger partial charge on any atom is 0.119 e. The summed E-state index contributed by atoms with van der Waals surface area (Å²) in [5, 5.41) is 11.3. The molecule has 2 aromatic rings. The van der Waals surface area contributed by atoms with E-state index in [0.29, 0.717) is 0 Å². The summed E-state index contributed by atoms with van der Waals surface area (Å²) in [5.74, 6) is 1.76. The maximum absolute atomic E-state index is 11.3. The Balaban J connectivity index is 1.46. The molecule has 3 rings (SSSR count). The van der Waals surface area contributed by atoms with Gasteiger partial charge in [-0.25, -0.2) is 0 Å². The summed E-state index contributed by atoms with van der Waals surface area (Å²) in [4.78, 5) is 0. The van der Waals surface area contributed by atoms with Crippen LogP contribution in [0.2, 0.25) is 0 Å². The van der Waals surface area contributed by atoms with Gasteiger partial charge in [-0.1, -0.05) is 108 Å². The van der Waals surface area contributed by atoms with Crippen LogP contribution in [-0.4, -0.2) is 11.7 Å². The molecule has 1 saturated carbocycles. The normalized spacial score (nSPS) is 20.6. The van der Waals surface area contributed by atoms with Gasteiger partial charge in [-0.3, -0.25) is 0 Å². The lowest BCUT2D eigenvalue weighted by atomic mass is 9.74. The fraction of sp³-hybridized carbons (Fsp3) is 0.613. The number of unbranched alkanes of at least 4 members (excludes halogenated alkanes) is 7. The highest BCUT2D eigenvalue weighted by atomic mass is 16.5. The minimum Gasteiger partial charge on any atom is -0.494 e. The summed E-state index contributed by atoms with van der Waals surface area (Å²) in [6, 6.07) is 17.0. The lowest BCUT2D eigenvalue weighted by molar-refractivity contribution is -0.0154. The first-order chi connectivity index (χ1) is 16.1. The molecule has 0 aromatic heterocycles. The minimum atomic E-state index is -0.645. The summed E-state index contributed by atoms with van der Waals surface area (Å²) in [6.45, 7) is 5.33. The third-order valence-electron chi connectivity index (χ3n) is 7.52. The van der Waals surface area contributed by atoms with Crippen LogP contribution >= 0.6 is 0 Å². The summed E-state index contributed by atoms with van der Waals surface area (Å²) in [6.07, 6.45) is 17.1. The first-order valence-corrected chi connectivity index (χ1v) is 13.7. The number of benzene rings is 2. The van der Waals surface area contributed by atoms with Crippen LogP contribution in [-0.2, 0) is 5.60 Å². The van der Waals surface area contributed by atoms with E-state index in [-0.39, 0.29) is 0 Å². The molecule has 0 heterocycles. The van der Waals surface area contributed by atoms with Crippen molar-refractivity contribution in [2.75, 3.05) is 6.61 Å². The molecule has 182 valence electrons. The van der Waals surface area contributed by atoms with Crippen LogP contribution in [0.5, 0.6) is 5.75 Å². The second-order valence-electron chi connectivity index (χ2n) is 10.2. The topological polar surface area (TPSA) is 29.5 Å². The van der Waals surface area contributed by atoms with Crippen molar-refractivity contribution in [3.63, 3.8) is 0 Å². The second kappa shape index (κ2) is 13.8. The quantitative estimate of drug-likeness (QED) is 0.291. The van der Waals surface area contributed by atoms with Crippen molar-refractivity contribution in [2.24, 2.45) is 5.92 Å². The molecule has 0 saturated heterocycles. The molecule has 0 aliphatic heterocycles. The third-order valence-corrected chi connectivity index (χ3v) is 7.52. The fourth-order valence-electron chi connectivity index (χ4n) is 5.20. The maximum atomic E-state index is 11.3. The molecular formula is C31H46O2. The van der Waals surface area contributed by atoms with E-state index in [1.807, 2.05) is 0 Å². The Hall–Kier alpha value is -1.80. The third kappa shape index (κ3) is 8.18. The number of rotatable bonds is 14. The van der Waals surface area contributed by atoms with Crippen LogP contribution in [0.4, 0.5) is 0 Å². The summed E-state index contributed by atoms with van der Waals surface area (Å²) < 4.78 is 5.92. The molecule has 0 spiro atoms. The fourth-order valence-corrected chi connectivity index (χ4v) is 5.20. The van der Waals surface area contributed by atoms with E-state index in [1.54, 1.807) is 0 Å². The largest absolute Gasteiger partial charge is 0.494 e. The van der Waals surface area contributed by atoms with Gasteiger partial charge in [0.2, 0.25) is 0 Å². The van der Waals surface area contributed by atoms with Gasteiger partial charge in [0.1, 0.15) is 5.75 Å². The van der Waals surface area contributed by atoms with E-state index >= 15 is 0 Å². The van der Waals surface area contributed by atoms with Gasteiger partial charge in [-0.2, -0.15) is 0 Å². The van der Waals surface area contributed by atoms with E-state index in [2.05, 4.69) is 62.4 Å². The lowest BCUT2D eigenvalue weighted by Crippen LogP contribution is -2.31. The van der Waals surface area contributed by atoms with Gasteiger partial charge >= 0.3 is 0 Å². The van der Waals surface area contributed by atoms with Crippen LogP contribution in [0, 0.1) is 5.92 Å². The van der Waals surface area contributed by atoms with Gasteiger partial charge in [0.25, 0.3) is 0 Å². The Morgan fingerprint density at radius 3 is 1.91 bits per heavy atom. The van der Waals surface area contributed by atoms with Crippen LogP contribution in [0.15, 0.2) is 48.5 Å². The summed E-state index contributed by atoms with van der Waals surface area (Å²) >= 11 is 0. The van der Waals surface area contributed by atoms with E-state index in [4.69, 9.17) is 4.74 Å². The monoisotopic (exact) mass is 450 g/mol. The molecule has 2 heteroatoms. The van der Waals surface area contributed by atoms with Crippen molar-refractivity contribution < 1.29 is 9.84 Å². The number of aliphatic hydroxyl groups is 1. The molecule has 2 nitrogen and oxygen atoms in total. The Labute approximate surface area is 202 Å². The predicted molar refractivity (Wildman–Crippen MR) is 141 cm³/mol. The first-order valence-electron chi connectivity index (χ1n) is 13.7. The van der Waals surface area contributed by atoms with Crippen molar-refractivity contribution in [3.05, 3.63) is 54.1 Å². The Morgan fingerprint density at radius 1 is 0.727 bits per heavy atom. The average Bonchev–Trinajstić information content (AvgIpc) is 2.85. The summed E-state index contributed by atoms with van der Waals surface area (Å²) in [7, 11) is 0. The standard InChI is InChI=1S/C31H46O2/c1-3-5-7-8-9-11-25-33-30-19-15-28(16-20-30)27-13-17-29(18-14-27)31(32)23-21-26(22-24-31)12-10-6-4-2/h13-20,26,32H,3-12,21-25H2,1-2H3. The highest BCUT2D eigenvalue weighted by Crippen LogP contribution is 2.41. The lowest BCUT2D eigenvalue weighted by Gasteiger charge is -2.36. The van der Waals surface area contributed by atoms with Crippen LogP contribution in [0.3, 0.4) is 0 Å². The van der Waals surface area contributed by atoms with Crippen molar-refractivity contribution in [1.29, 1.82) is 0 Å². The van der Waals surface area contributed by atoms with Gasteiger partial charge in [0, 0.05) is 0 Å². The molecule has 0 atom stereocenters. The van der Waals surface area contributed by atoms with Gasteiger partial charge in [0.05, 0.1) is 12.2 Å². The molecule has 1 aliphatic rings. The SMILES string of the molecule is CCCCCCCCOc1ccc(-c2ccc(C3(O)CCC(CCCCC)CC3)cc2)cc1. The van der Waals surface area contributed by atoms with Gasteiger partial charge in [-0.15, -0.1) is 0 Å². The predicted octanol–water partition coefficient (Wildman–Crippen LogP) is 9.05. The summed E-state index contributed by atoms with van der Waals surface area (Å²) in [5.41, 5.74) is 2.82. The number of hydrogen-bond donors (Lipinski definition) is 1. The average molecular weight is 451 g/mol. The minimum absolute atomic E-state index is 0.645. The molecule has 1 fully saturated rings. The van der Waals surface area contributed by atoms with Gasteiger partial charge < -0.3 is 9.84 Å². The Kier molecular flexibility index (Phi) is 10.8. The molecular weight excluding hydrogens is 404 g/mol. The van der Waals surface area contributed by atoms with E-state index in [9.17, 15) is 5.11 Å². The number of hydrogen-bond acceptors (Lipinski definition) is 2. The van der Waals surface area contributed by atoms with E-state index < -0.39 is 5.60 Å². The van der Waals surface area contributed by atoms with Gasteiger partial charge in [-0.05, 0) is 66.8 Å². The van der Waals surface area contributed by atoms with Crippen molar-refractivity contribution in [1.82, 2.24) is 0 Å². The molecule has 1 N–H and O–H groups in total. The Morgan fingerprint density at radius 2 is 1.27 bits per heavy atom. The second-order valence-corrected chi connectivity index (χ2v) is 10.2. The zero-order valence-electron chi connectivity index (χ0n) is 21.2. The molecule has 0 unspecified atom stereocenters. The smallest absolute Gasteiger partial charge is 0.119 e. The highest BCUT2D eigenvalue weighted by Gasteiger charge is 2.34. The first kappa shape index (κ1) is 25.8. The zero-order valence-corrected chi connectivity index (χ0v) is 21.2. The Bertz CT molecular complexity index is 770. The van der Waals surface area contributed by atoms with Crippen LogP contribution in [0.1, 0.15) is 109 Å². The van der Waals surface area contributed by atoms with Crippen molar-refractivity contribution in [2.45, 2.75) is 109 Å². The molecule has 2 aromatic carbocycles. The molecule has 0 amide bonds. The molecule has 0 bridgehead atoms. The number of ether oxygens (including phenoxy) is 1. The van der Waals surface area contributed by atoms with Crippen LogP contribution < -0.4 is 4.74 Å². The van der Waals surface area contributed by atoms with Crippen LogP contribution in [0.25, 0.3) is 11.1 Å². The van der Waals surface area contributed by atoms with E-state index in [0.717, 1.165) is 55.9 Å². The highest BCUT2D eigenvalue weighted by molar-refractivity contribution is 5.64. The molecule has 33 heavy (non-hydrogen) atoms. The zero-order chi connectivity index (χ0) is 23.4. The molecule has 0 radical (unpaired) electrons. The van der Waals surface area contributed by atoms with Gasteiger partial charge in [0.15, 0.2) is 0 Å². The van der Waals surface area contributed by atoms with Crippen molar-refractivity contribution >= 4 is 0 Å². The molecule has 1 aliphatic carbocycles.